The summed E-state index contributed by atoms with van der Waals surface area (Å²) in [5.41, 5.74) is 2.67. The number of rotatable bonds is 3. The zero-order chi connectivity index (χ0) is 8.27. The second-order valence-electron chi connectivity index (χ2n) is 1.86. The summed E-state index contributed by atoms with van der Waals surface area (Å²) < 4.78 is 6.85. The number of nitrogens with one attached hydrogen (secondary N) is 1. The van der Waals surface area contributed by atoms with Crippen molar-refractivity contribution in [3.8, 4) is 0 Å². The Balaban J connectivity index is 2.58. The van der Waals surface area contributed by atoms with Gasteiger partial charge < -0.3 is 9.25 Å². The highest BCUT2D eigenvalue weighted by molar-refractivity contribution is 9.13. The van der Waals surface area contributed by atoms with Crippen molar-refractivity contribution in [1.82, 2.24) is 5.48 Å². The van der Waals surface area contributed by atoms with Gasteiger partial charge in [0.25, 0.3) is 0 Å². The minimum absolute atomic E-state index is 0.556. The first-order chi connectivity index (χ1) is 5.24. The maximum absolute atomic E-state index is 5.24. The third-order valence-electron chi connectivity index (χ3n) is 1.09. The monoisotopic (exact) mass is 283 g/mol. The highest BCUT2D eigenvalue weighted by Gasteiger charge is 2.04. The van der Waals surface area contributed by atoms with Gasteiger partial charge in [-0.3, -0.25) is 0 Å². The van der Waals surface area contributed by atoms with Crippen LogP contribution in [-0.2, 0) is 11.4 Å². The van der Waals surface area contributed by atoms with E-state index in [0.717, 1.165) is 10.2 Å². The Bertz CT molecular complexity index is 217. The van der Waals surface area contributed by atoms with E-state index in [4.69, 9.17) is 4.42 Å². The number of hydroxylamine groups is 1. The molecule has 1 aromatic heterocycles. The van der Waals surface area contributed by atoms with E-state index in [1.54, 1.807) is 7.11 Å². The molecular weight excluding hydrogens is 278 g/mol. The van der Waals surface area contributed by atoms with Crippen LogP contribution in [0.4, 0.5) is 0 Å². The van der Waals surface area contributed by atoms with Crippen molar-refractivity contribution in [2.45, 2.75) is 6.54 Å². The molecule has 3 nitrogen and oxygen atoms in total. The summed E-state index contributed by atoms with van der Waals surface area (Å²) in [6, 6.07) is 1.87. The topological polar surface area (TPSA) is 34.4 Å². The van der Waals surface area contributed by atoms with Crippen LogP contribution in [0.1, 0.15) is 5.76 Å². The number of halogens is 2. The first kappa shape index (κ1) is 9.25. The predicted molar refractivity (Wildman–Crippen MR) is 48.0 cm³/mol. The summed E-state index contributed by atoms with van der Waals surface area (Å²) in [5, 5.41) is 0. The lowest BCUT2D eigenvalue weighted by atomic mass is 10.5. The van der Waals surface area contributed by atoms with Crippen LogP contribution in [0, 0.1) is 0 Å². The normalized spacial score (nSPS) is 10.5. The Morgan fingerprint density at radius 2 is 2.36 bits per heavy atom. The number of hydrogen-bond acceptors (Lipinski definition) is 3. The standard InChI is InChI=1S/C6H7Br2NO2/c1-10-9-3-4-2-5(7)6(8)11-4/h2,9H,3H2,1H3. The fraction of sp³-hybridized carbons (Fsp3) is 0.333. The third kappa shape index (κ3) is 2.59. The molecule has 1 N–H and O–H groups in total. The average molecular weight is 285 g/mol. The first-order valence-electron chi connectivity index (χ1n) is 2.93. The molecule has 1 aromatic rings. The Morgan fingerprint density at radius 1 is 1.64 bits per heavy atom. The Hall–Kier alpha value is 0.160. The molecule has 0 unspecified atom stereocenters. The minimum Gasteiger partial charge on any atom is -0.452 e. The van der Waals surface area contributed by atoms with Crippen LogP contribution in [0.25, 0.3) is 0 Å². The van der Waals surface area contributed by atoms with Gasteiger partial charge in [0.15, 0.2) is 4.67 Å². The molecule has 0 aromatic carbocycles. The van der Waals surface area contributed by atoms with Crippen LogP contribution in [0.5, 0.6) is 0 Å². The van der Waals surface area contributed by atoms with Gasteiger partial charge in [0.1, 0.15) is 5.76 Å². The van der Waals surface area contributed by atoms with Crippen molar-refractivity contribution >= 4 is 31.9 Å². The predicted octanol–water partition coefficient (Wildman–Crippen LogP) is 2.46. The molecule has 0 saturated carbocycles. The molecule has 0 atom stereocenters. The van der Waals surface area contributed by atoms with Crippen LogP contribution in [0.3, 0.4) is 0 Å². The third-order valence-corrected chi connectivity index (χ3v) is 2.80. The second kappa shape index (κ2) is 4.25. The van der Waals surface area contributed by atoms with Crippen molar-refractivity contribution in [3.63, 3.8) is 0 Å². The Morgan fingerprint density at radius 3 is 2.82 bits per heavy atom. The van der Waals surface area contributed by atoms with Gasteiger partial charge in [0, 0.05) is 0 Å². The Labute approximate surface area is 81.3 Å². The van der Waals surface area contributed by atoms with E-state index < -0.39 is 0 Å². The molecule has 1 heterocycles. The molecule has 5 heteroatoms. The van der Waals surface area contributed by atoms with Crippen molar-refractivity contribution in [2.24, 2.45) is 0 Å². The maximum Gasteiger partial charge on any atom is 0.183 e. The van der Waals surface area contributed by atoms with Crippen LogP contribution < -0.4 is 5.48 Å². The lowest BCUT2D eigenvalue weighted by Crippen LogP contribution is -2.09. The van der Waals surface area contributed by atoms with Gasteiger partial charge in [-0.1, -0.05) is 0 Å². The molecule has 0 aliphatic rings. The van der Waals surface area contributed by atoms with Crippen molar-refractivity contribution in [3.05, 3.63) is 21.0 Å². The second-order valence-corrected chi connectivity index (χ2v) is 3.43. The molecular formula is C6H7Br2NO2. The van der Waals surface area contributed by atoms with Gasteiger partial charge in [-0.15, -0.1) is 0 Å². The Kier molecular flexibility index (Phi) is 3.58. The van der Waals surface area contributed by atoms with Crippen LogP contribution >= 0.6 is 31.9 Å². The molecule has 1 rings (SSSR count). The molecule has 0 fully saturated rings. The van der Waals surface area contributed by atoms with Crippen LogP contribution in [0.2, 0.25) is 0 Å². The zero-order valence-electron chi connectivity index (χ0n) is 5.86. The lowest BCUT2D eigenvalue weighted by molar-refractivity contribution is 0.0816. The fourth-order valence-electron chi connectivity index (χ4n) is 0.622. The number of hydrogen-bond donors (Lipinski definition) is 1. The zero-order valence-corrected chi connectivity index (χ0v) is 9.03. The smallest absolute Gasteiger partial charge is 0.183 e. The minimum atomic E-state index is 0.556. The molecule has 0 aliphatic carbocycles. The summed E-state index contributed by atoms with van der Waals surface area (Å²) in [4.78, 5) is 4.65. The summed E-state index contributed by atoms with van der Waals surface area (Å²) in [6.45, 7) is 0.556. The van der Waals surface area contributed by atoms with E-state index in [1.807, 2.05) is 6.07 Å². The molecule has 0 radical (unpaired) electrons. The van der Waals surface area contributed by atoms with Crippen LogP contribution in [-0.4, -0.2) is 7.11 Å². The molecule has 0 aliphatic heterocycles. The van der Waals surface area contributed by atoms with Gasteiger partial charge in [0.05, 0.1) is 18.1 Å². The summed E-state index contributed by atoms with van der Waals surface area (Å²) in [7, 11) is 1.56. The summed E-state index contributed by atoms with van der Waals surface area (Å²) >= 11 is 6.52. The molecule has 0 saturated heterocycles. The molecule has 0 bridgehead atoms. The molecule has 0 amide bonds. The van der Waals surface area contributed by atoms with Gasteiger partial charge in [-0.2, -0.15) is 5.48 Å². The van der Waals surface area contributed by atoms with Crippen molar-refractivity contribution in [2.75, 3.05) is 7.11 Å². The largest absolute Gasteiger partial charge is 0.452 e. The molecule has 0 spiro atoms. The summed E-state index contributed by atoms with van der Waals surface area (Å²) in [6.07, 6.45) is 0. The van der Waals surface area contributed by atoms with Crippen molar-refractivity contribution < 1.29 is 9.25 Å². The number of furan rings is 1. The first-order valence-corrected chi connectivity index (χ1v) is 4.52. The maximum atomic E-state index is 5.24. The van der Waals surface area contributed by atoms with Gasteiger partial charge in [-0.05, 0) is 37.9 Å². The highest BCUT2D eigenvalue weighted by atomic mass is 79.9. The molecule has 11 heavy (non-hydrogen) atoms. The van der Waals surface area contributed by atoms with E-state index >= 15 is 0 Å². The van der Waals surface area contributed by atoms with Gasteiger partial charge in [0.2, 0.25) is 0 Å². The van der Waals surface area contributed by atoms with Gasteiger partial charge >= 0.3 is 0 Å². The van der Waals surface area contributed by atoms with E-state index in [0.29, 0.717) is 11.2 Å². The highest BCUT2D eigenvalue weighted by Crippen LogP contribution is 2.26. The summed E-state index contributed by atoms with van der Waals surface area (Å²) in [5.74, 6) is 0.811. The van der Waals surface area contributed by atoms with E-state index in [-0.39, 0.29) is 0 Å². The SMILES string of the molecule is CONCc1cc(Br)c(Br)o1. The lowest BCUT2D eigenvalue weighted by Gasteiger charge is -1.95. The van der Waals surface area contributed by atoms with Crippen molar-refractivity contribution in [1.29, 1.82) is 0 Å². The average Bonchev–Trinajstić information content (AvgIpc) is 2.28. The fourth-order valence-corrected chi connectivity index (χ4v) is 1.28. The van der Waals surface area contributed by atoms with E-state index in [1.165, 1.54) is 0 Å². The van der Waals surface area contributed by atoms with Crippen LogP contribution in [0.15, 0.2) is 19.6 Å². The van der Waals surface area contributed by atoms with Gasteiger partial charge in [-0.25, -0.2) is 0 Å². The van der Waals surface area contributed by atoms with E-state index in [2.05, 4.69) is 42.2 Å². The quantitative estimate of drug-likeness (QED) is 0.866. The molecule has 62 valence electrons. The van der Waals surface area contributed by atoms with E-state index in [9.17, 15) is 0 Å².